The van der Waals surface area contributed by atoms with Crippen molar-refractivity contribution in [1.29, 1.82) is 0 Å². The number of piperidine rings is 1. The molecule has 3 amide bonds. The molecule has 1 rings (SSSR count). The molecule has 1 fully saturated rings. The Labute approximate surface area is 94.2 Å². The number of hydrogen-bond donors (Lipinski definition) is 2. The lowest BCUT2D eigenvalue weighted by molar-refractivity contribution is -0.147. The molecule has 0 spiro atoms. The number of nitrogens with two attached hydrogens (primary N) is 1. The molecule has 1 unspecified atom stereocenters. The topological polar surface area (TPSA) is 92.5 Å². The summed E-state index contributed by atoms with van der Waals surface area (Å²) in [5.41, 5.74) is 4.30. The van der Waals surface area contributed by atoms with Crippen molar-refractivity contribution in [1.82, 2.24) is 10.2 Å². The van der Waals surface area contributed by atoms with Gasteiger partial charge in [0.2, 0.25) is 17.7 Å². The molecule has 0 aromatic carbocycles. The largest absolute Gasteiger partial charge is 0.368 e. The summed E-state index contributed by atoms with van der Waals surface area (Å²) >= 11 is 0. The van der Waals surface area contributed by atoms with Crippen LogP contribution in [-0.4, -0.2) is 42.8 Å². The van der Waals surface area contributed by atoms with Crippen molar-refractivity contribution in [2.24, 2.45) is 11.1 Å². The molecular weight excluding hydrogens is 210 g/mol. The van der Waals surface area contributed by atoms with E-state index in [1.807, 2.05) is 0 Å². The third-order valence-electron chi connectivity index (χ3n) is 2.81. The van der Waals surface area contributed by atoms with Crippen LogP contribution in [-0.2, 0) is 14.4 Å². The molecule has 16 heavy (non-hydrogen) atoms. The third kappa shape index (κ3) is 2.71. The summed E-state index contributed by atoms with van der Waals surface area (Å²) in [6.45, 7) is 2.12. The van der Waals surface area contributed by atoms with Crippen LogP contribution >= 0.6 is 0 Å². The van der Waals surface area contributed by atoms with Gasteiger partial charge in [0.05, 0.1) is 12.0 Å². The predicted octanol–water partition coefficient (Wildman–Crippen LogP) is -1.15. The molecule has 0 bridgehead atoms. The van der Waals surface area contributed by atoms with Gasteiger partial charge in [-0.05, 0) is 6.42 Å². The first-order chi connectivity index (χ1) is 7.35. The first-order valence-corrected chi connectivity index (χ1v) is 5.16. The molecule has 6 heteroatoms. The molecule has 3 N–H and O–H groups in total. The molecule has 0 aromatic heterocycles. The number of primary amides is 1. The maximum atomic E-state index is 12.0. The zero-order valence-electron chi connectivity index (χ0n) is 9.58. The second-order valence-corrected chi connectivity index (χ2v) is 4.46. The van der Waals surface area contributed by atoms with Crippen LogP contribution in [0.15, 0.2) is 0 Å². The monoisotopic (exact) mass is 227 g/mol. The van der Waals surface area contributed by atoms with Gasteiger partial charge in [0, 0.05) is 20.0 Å². The van der Waals surface area contributed by atoms with Crippen LogP contribution < -0.4 is 11.1 Å². The SMILES string of the molecule is CN(CC(N)=O)C(=O)C1(C)CCNC(=O)C1. The Morgan fingerprint density at radius 3 is 2.69 bits per heavy atom. The molecule has 0 aromatic rings. The number of rotatable bonds is 3. The van der Waals surface area contributed by atoms with E-state index in [0.29, 0.717) is 13.0 Å². The standard InChI is InChI=1S/C10H17N3O3/c1-10(3-4-12-8(15)5-10)9(16)13(2)6-7(11)14/h3-6H2,1-2H3,(H2,11,14)(H,12,15). The fourth-order valence-electron chi connectivity index (χ4n) is 1.93. The quantitative estimate of drug-likeness (QED) is 0.637. The molecule has 1 aliphatic heterocycles. The van der Waals surface area contributed by atoms with Crippen molar-refractivity contribution in [2.45, 2.75) is 19.8 Å². The Bertz CT molecular complexity index is 329. The molecule has 0 saturated carbocycles. The van der Waals surface area contributed by atoms with Gasteiger partial charge in [-0.3, -0.25) is 14.4 Å². The van der Waals surface area contributed by atoms with Crippen LogP contribution in [0, 0.1) is 5.41 Å². The van der Waals surface area contributed by atoms with Gasteiger partial charge in [0.25, 0.3) is 0 Å². The zero-order valence-corrected chi connectivity index (χ0v) is 9.58. The Morgan fingerprint density at radius 1 is 1.56 bits per heavy atom. The van der Waals surface area contributed by atoms with Crippen LogP contribution in [0.5, 0.6) is 0 Å². The van der Waals surface area contributed by atoms with Crippen molar-refractivity contribution < 1.29 is 14.4 Å². The van der Waals surface area contributed by atoms with Gasteiger partial charge in [0.15, 0.2) is 0 Å². The van der Waals surface area contributed by atoms with Gasteiger partial charge in [-0.2, -0.15) is 0 Å². The lowest BCUT2D eigenvalue weighted by atomic mass is 9.79. The third-order valence-corrected chi connectivity index (χ3v) is 2.81. The van der Waals surface area contributed by atoms with Gasteiger partial charge in [-0.15, -0.1) is 0 Å². The van der Waals surface area contributed by atoms with Crippen molar-refractivity contribution in [2.75, 3.05) is 20.1 Å². The highest BCUT2D eigenvalue weighted by Gasteiger charge is 2.39. The summed E-state index contributed by atoms with van der Waals surface area (Å²) in [4.78, 5) is 35.3. The second kappa shape index (κ2) is 4.51. The minimum absolute atomic E-state index is 0.115. The first-order valence-electron chi connectivity index (χ1n) is 5.16. The van der Waals surface area contributed by atoms with E-state index in [-0.39, 0.29) is 24.8 Å². The minimum Gasteiger partial charge on any atom is -0.368 e. The highest BCUT2D eigenvalue weighted by atomic mass is 16.2. The number of nitrogens with one attached hydrogen (secondary N) is 1. The normalized spacial score (nSPS) is 24.8. The average molecular weight is 227 g/mol. The summed E-state index contributed by atoms with van der Waals surface area (Å²) in [7, 11) is 1.52. The summed E-state index contributed by atoms with van der Waals surface area (Å²) in [5.74, 6) is -0.893. The summed E-state index contributed by atoms with van der Waals surface area (Å²) in [6.07, 6.45) is 0.746. The van der Waals surface area contributed by atoms with Gasteiger partial charge in [-0.25, -0.2) is 0 Å². The lowest BCUT2D eigenvalue weighted by Gasteiger charge is -2.34. The van der Waals surface area contributed by atoms with Gasteiger partial charge in [0.1, 0.15) is 0 Å². The number of carbonyl (C=O) groups excluding carboxylic acids is 3. The molecule has 0 radical (unpaired) electrons. The number of hydrogen-bond acceptors (Lipinski definition) is 3. The number of carbonyl (C=O) groups is 3. The highest BCUT2D eigenvalue weighted by Crippen LogP contribution is 2.30. The molecule has 0 aliphatic carbocycles. The van der Waals surface area contributed by atoms with E-state index in [2.05, 4.69) is 5.32 Å². The summed E-state index contributed by atoms with van der Waals surface area (Å²) in [6, 6.07) is 0. The van der Waals surface area contributed by atoms with Gasteiger partial charge < -0.3 is 16.0 Å². The molecule has 1 heterocycles. The molecular formula is C10H17N3O3. The number of amides is 3. The van der Waals surface area contributed by atoms with Crippen LogP contribution in [0.25, 0.3) is 0 Å². The van der Waals surface area contributed by atoms with Gasteiger partial charge in [-0.1, -0.05) is 6.92 Å². The number of likely N-dealkylation sites (N-methyl/N-ethyl adjacent to an activating group) is 1. The van der Waals surface area contributed by atoms with E-state index >= 15 is 0 Å². The Morgan fingerprint density at radius 2 is 2.19 bits per heavy atom. The van der Waals surface area contributed by atoms with Crippen LogP contribution in [0.3, 0.4) is 0 Å². The molecule has 90 valence electrons. The molecule has 1 atom stereocenters. The first kappa shape index (κ1) is 12.5. The molecule has 1 aliphatic rings. The van der Waals surface area contributed by atoms with Crippen molar-refractivity contribution in [3.05, 3.63) is 0 Å². The fourth-order valence-corrected chi connectivity index (χ4v) is 1.93. The summed E-state index contributed by atoms with van der Waals surface area (Å²) < 4.78 is 0. The van der Waals surface area contributed by atoms with Crippen molar-refractivity contribution in [3.63, 3.8) is 0 Å². The van der Waals surface area contributed by atoms with E-state index in [0.717, 1.165) is 0 Å². The van der Waals surface area contributed by atoms with Crippen LogP contribution in [0.4, 0.5) is 0 Å². The second-order valence-electron chi connectivity index (χ2n) is 4.46. The maximum Gasteiger partial charge on any atom is 0.237 e. The van der Waals surface area contributed by atoms with Crippen LogP contribution in [0.2, 0.25) is 0 Å². The molecule has 1 saturated heterocycles. The fraction of sp³-hybridized carbons (Fsp3) is 0.700. The van der Waals surface area contributed by atoms with E-state index in [9.17, 15) is 14.4 Å². The zero-order chi connectivity index (χ0) is 12.3. The summed E-state index contributed by atoms with van der Waals surface area (Å²) in [5, 5.41) is 2.67. The van der Waals surface area contributed by atoms with E-state index < -0.39 is 11.3 Å². The number of nitrogens with zero attached hydrogens (tertiary/aromatic N) is 1. The molecule has 6 nitrogen and oxygen atoms in total. The minimum atomic E-state index is -0.716. The van der Waals surface area contributed by atoms with Crippen molar-refractivity contribution >= 4 is 17.7 Å². The smallest absolute Gasteiger partial charge is 0.237 e. The maximum absolute atomic E-state index is 12.0. The van der Waals surface area contributed by atoms with E-state index in [1.165, 1.54) is 11.9 Å². The van der Waals surface area contributed by atoms with E-state index in [4.69, 9.17) is 5.73 Å². The average Bonchev–Trinajstić information content (AvgIpc) is 2.15. The van der Waals surface area contributed by atoms with Crippen LogP contribution in [0.1, 0.15) is 19.8 Å². The van der Waals surface area contributed by atoms with Gasteiger partial charge >= 0.3 is 0 Å². The van der Waals surface area contributed by atoms with Crippen molar-refractivity contribution in [3.8, 4) is 0 Å². The lowest BCUT2D eigenvalue weighted by Crippen LogP contribution is -2.50. The Hall–Kier alpha value is -1.59. The van der Waals surface area contributed by atoms with E-state index in [1.54, 1.807) is 6.92 Å². The predicted molar refractivity (Wildman–Crippen MR) is 57.2 cm³/mol. The Kier molecular flexibility index (Phi) is 3.51. The Balaban J connectivity index is 2.70. The highest BCUT2D eigenvalue weighted by molar-refractivity contribution is 5.91.